The van der Waals surface area contributed by atoms with Crippen LogP contribution in [0.3, 0.4) is 0 Å². The lowest BCUT2D eigenvalue weighted by Crippen LogP contribution is -2.24. The smallest absolute Gasteiger partial charge is 0.253 e. The van der Waals surface area contributed by atoms with Crippen LogP contribution in [-0.4, -0.2) is 46.5 Å². The van der Waals surface area contributed by atoms with Gasteiger partial charge < -0.3 is 9.42 Å². The van der Waals surface area contributed by atoms with E-state index in [1.165, 1.54) is 0 Å². The van der Waals surface area contributed by atoms with E-state index < -0.39 is 0 Å². The predicted octanol–water partition coefficient (Wildman–Crippen LogP) is 2.42. The molecule has 1 aromatic carbocycles. The predicted molar refractivity (Wildman–Crippen MR) is 85.9 cm³/mol. The third kappa shape index (κ3) is 3.42. The van der Waals surface area contributed by atoms with Gasteiger partial charge >= 0.3 is 0 Å². The van der Waals surface area contributed by atoms with Crippen LogP contribution < -0.4 is 0 Å². The highest BCUT2D eigenvalue weighted by Gasteiger charge is 2.29. The van der Waals surface area contributed by atoms with Crippen molar-refractivity contribution < 1.29 is 9.32 Å². The number of rotatable bonds is 4. The quantitative estimate of drug-likeness (QED) is 0.867. The number of hydrogen-bond acceptors (Lipinski definition) is 5. The average Bonchev–Trinajstić information content (AvgIpc) is 3.15. The molecule has 1 fully saturated rings. The summed E-state index contributed by atoms with van der Waals surface area (Å²) in [4.78, 5) is 20.4. The van der Waals surface area contributed by atoms with Gasteiger partial charge in [0.25, 0.3) is 5.91 Å². The molecule has 1 amide bonds. The van der Waals surface area contributed by atoms with Crippen LogP contribution in [0.4, 0.5) is 0 Å². The number of benzene rings is 1. The first kappa shape index (κ1) is 15.7. The van der Waals surface area contributed by atoms with Crippen LogP contribution in [-0.2, 0) is 6.54 Å². The van der Waals surface area contributed by atoms with Gasteiger partial charge in [0.1, 0.15) is 0 Å². The summed E-state index contributed by atoms with van der Waals surface area (Å²) in [5.74, 6) is 1.39. The van der Waals surface area contributed by atoms with Crippen molar-refractivity contribution in [1.82, 2.24) is 19.9 Å². The van der Waals surface area contributed by atoms with Gasteiger partial charge in [-0.15, -0.1) is 0 Å². The van der Waals surface area contributed by atoms with Crippen LogP contribution in [0.2, 0.25) is 0 Å². The molecule has 0 unspecified atom stereocenters. The average molecular weight is 314 g/mol. The summed E-state index contributed by atoms with van der Waals surface area (Å²) in [6.45, 7) is 3.60. The second kappa shape index (κ2) is 6.50. The number of amides is 1. The van der Waals surface area contributed by atoms with Crippen molar-refractivity contribution in [1.29, 1.82) is 0 Å². The van der Waals surface area contributed by atoms with Crippen LogP contribution in [0.15, 0.2) is 28.8 Å². The van der Waals surface area contributed by atoms with Crippen LogP contribution in [0.25, 0.3) is 0 Å². The van der Waals surface area contributed by atoms with E-state index >= 15 is 0 Å². The number of carbonyl (C=O) groups excluding carboxylic acids is 1. The van der Waals surface area contributed by atoms with Crippen LogP contribution in [0, 0.1) is 6.92 Å². The second-order valence-electron chi connectivity index (χ2n) is 6.20. The minimum Gasteiger partial charge on any atom is -0.345 e. The highest BCUT2D eigenvalue weighted by Crippen LogP contribution is 2.31. The highest BCUT2D eigenvalue weighted by molar-refractivity contribution is 5.94. The van der Waals surface area contributed by atoms with Crippen molar-refractivity contribution in [3.05, 3.63) is 47.1 Å². The van der Waals surface area contributed by atoms with E-state index in [-0.39, 0.29) is 11.9 Å². The summed E-state index contributed by atoms with van der Waals surface area (Å²) in [5, 5.41) is 4.07. The number of carbonyl (C=O) groups is 1. The molecule has 23 heavy (non-hydrogen) atoms. The molecule has 0 aliphatic carbocycles. The molecule has 2 heterocycles. The zero-order chi connectivity index (χ0) is 16.4. The van der Waals surface area contributed by atoms with E-state index in [2.05, 4.69) is 21.1 Å². The van der Waals surface area contributed by atoms with E-state index in [9.17, 15) is 4.79 Å². The fraction of sp³-hybridized carbons (Fsp3) is 0.471. The van der Waals surface area contributed by atoms with Gasteiger partial charge in [0, 0.05) is 33.1 Å². The Morgan fingerprint density at radius 1 is 1.43 bits per heavy atom. The minimum absolute atomic E-state index is 0.0265. The van der Waals surface area contributed by atoms with Crippen LogP contribution >= 0.6 is 0 Å². The zero-order valence-corrected chi connectivity index (χ0v) is 13.8. The molecular formula is C17H22N4O2. The van der Waals surface area contributed by atoms with Crippen LogP contribution in [0.1, 0.15) is 46.5 Å². The highest BCUT2D eigenvalue weighted by atomic mass is 16.5. The summed E-state index contributed by atoms with van der Waals surface area (Å²) in [6.07, 6.45) is 2.16. The largest absolute Gasteiger partial charge is 0.345 e. The Kier molecular flexibility index (Phi) is 4.43. The Labute approximate surface area is 136 Å². The van der Waals surface area contributed by atoms with Crippen molar-refractivity contribution >= 4 is 5.91 Å². The standard InChI is InChI=1S/C17H22N4O2/c1-12-18-16(19-23-12)15-8-5-9-21(15)11-13-6-4-7-14(10-13)17(22)20(2)3/h4,6-7,10,15H,5,8-9,11H2,1-3H3/t15-/m1/s1. The fourth-order valence-electron chi connectivity index (χ4n) is 3.05. The molecule has 6 heteroatoms. The molecule has 0 bridgehead atoms. The van der Waals surface area contributed by atoms with E-state index in [0.717, 1.165) is 42.9 Å². The third-order valence-electron chi connectivity index (χ3n) is 4.17. The van der Waals surface area contributed by atoms with Gasteiger partial charge in [0.2, 0.25) is 5.89 Å². The fourth-order valence-corrected chi connectivity index (χ4v) is 3.05. The normalized spacial score (nSPS) is 18.3. The van der Waals surface area contributed by atoms with E-state index in [1.807, 2.05) is 25.1 Å². The summed E-state index contributed by atoms with van der Waals surface area (Å²) < 4.78 is 5.11. The molecule has 3 rings (SSSR count). The molecule has 6 nitrogen and oxygen atoms in total. The van der Waals surface area contributed by atoms with Crippen molar-refractivity contribution in [3.63, 3.8) is 0 Å². The molecule has 1 aliphatic rings. The number of aromatic nitrogens is 2. The molecule has 1 aliphatic heterocycles. The first-order chi connectivity index (χ1) is 11.0. The molecular weight excluding hydrogens is 292 g/mol. The maximum Gasteiger partial charge on any atom is 0.253 e. The molecule has 0 saturated carbocycles. The number of hydrogen-bond donors (Lipinski definition) is 0. The number of nitrogens with zero attached hydrogens (tertiary/aromatic N) is 4. The van der Waals surface area contributed by atoms with Gasteiger partial charge in [-0.2, -0.15) is 4.98 Å². The molecule has 0 spiro atoms. The summed E-state index contributed by atoms with van der Waals surface area (Å²) in [6, 6.07) is 8.02. The summed E-state index contributed by atoms with van der Waals surface area (Å²) >= 11 is 0. The lowest BCUT2D eigenvalue weighted by molar-refractivity contribution is 0.0827. The topological polar surface area (TPSA) is 62.5 Å². The Morgan fingerprint density at radius 2 is 2.26 bits per heavy atom. The third-order valence-corrected chi connectivity index (χ3v) is 4.17. The van der Waals surface area contributed by atoms with Gasteiger partial charge in [0.05, 0.1) is 6.04 Å². The Balaban J connectivity index is 1.76. The molecule has 2 aromatic rings. The van der Waals surface area contributed by atoms with Gasteiger partial charge in [-0.05, 0) is 37.1 Å². The Hall–Kier alpha value is -2.21. The van der Waals surface area contributed by atoms with Crippen molar-refractivity contribution in [2.45, 2.75) is 32.4 Å². The minimum atomic E-state index is 0.0265. The van der Waals surface area contributed by atoms with Crippen molar-refractivity contribution in [2.75, 3.05) is 20.6 Å². The molecule has 0 radical (unpaired) electrons. The maximum atomic E-state index is 12.1. The van der Waals surface area contributed by atoms with E-state index in [0.29, 0.717) is 5.89 Å². The summed E-state index contributed by atoms with van der Waals surface area (Å²) in [7, 11) is 3.54. The first-order valence-corrected chi connectivity index (χ1v) is 7.89. The Bertz CT molecular complexity index is 695. The lowest BCUT2D eigenvalue weighted by atomic mass is 10.1. The molecule has 1 atom stereocenters. The first-order valence-electron chi connectivity index (χ1n) is 7.89. The second-order valence-corrected chi connectivity index (χ2v) is 6.20. The van der Waals surface area contributed by atoms with Gasteiger partial charge in [-0.3, -0.25) is 9.69 Å². The zero-order valence-electron chi connectivity index (χ0n) is 13.8. The van der Waals surface area contributed by atoms with E-state index in [1.54, 1.807) is 19.0 Å². The Morgan fingerprint density at radius 3 is 2.96 bits per heavy atom. The van der Waals surface area contributed by atoms with Crippen molar-refractivity contribution in [3.8, 4) is 0 Å². The lowest BCUT2D eigenvalue weighted by Gasteiger charge is -2.22. The van der Waals surface area contributed by atoms with Crippen LogP contribution in [0.5, 0.6) is 0 Å². The van der Waals surface area contributed by atoms with Gasteiger partial charge in [0.15, 0.2) is 5.82 Å². The number of aryl methyl sites for hydroxylation is 1. The van der Waals surface area contributed by atoms with Crippen molar-refractivity contribution in [2.24, 2.45) is 0 Å². The van der Waals surface area contributed by atoms with Gasteiger partial charge in [-0.1, -0.05) is 17.3 Å². The maximum absolute atomic E-state index is 12.1. The molecule has 1 saturated heterocycles. The molecule has 122 valence electrons. The van der Waals surface area contributed by atoms with E-state index in [4.69, 9.17) is 4.52 Å². The summed E-state index contributed by atoms with van der Waals surface area (Å²) in [5.41, 5.74) is 1.85. The molecule has 1 aromatic heterocycles. The molecule has 0 N–H and O–H groups in total. The number of likely N-dealkylation sites (tertiary alicyclic amines) is 1. The SMILES string of the molecule is Cc1nc([C@H]2CCCN2Cc2cccc(C(=O)N(C)C)c2)no1. The monoisotopic (exact) mass is 314 g/mol. The van der Waals surface area contributed by atoms with Gasteiger partial charge in [-0.25, -0.2) is 0 Å².